The molecule has 2 amide bonds. The molecule has 0 spiro atoms. The maximum absolute atomic E-state index is 12.2. The van der Waals surface area contributed by atoms with Crippen molar-refractivity contribution in [1.29, 1.82) is 0 Å². The van der Waals surface area contributed by atoms with E-state index in [1.807, 2.05) is 54.6 Å². The van der Waals surface area contributed by atoms with E-state index in [1.54, 1.807) is 11.1 Å². The molecule has 3 aromatic rings. The topological polar surface area (TPSA) is 75.4 Å². The predicted molar refractivity (Wildman–Crippen MR) is 106 cm³/mol. The van der Waals surface area contributed by atoms with Gasteiger partial charge in [-0.3, -0.25) is 9.59 Å². The van der Waals surface area contributed by atoms with E-state index < -0.39 is 0 Å². The van der Waals surface area contributed by atoms with Gasteiger partial charge in [0.15, 0.2) is 5.76 Å². The zero-order valence-corrected chi connectivity index (χ0v) is 15.4. The highest BCUT2D eigenvalue weighted by molar-refractivity contribution is 5.95. The van der Waals surface area contributed by atoms with Gasteiger partial charge in [-0.2, -0.15) is 0 Å². The molecule has 0 bridgehead atoms. The molecule has 6 nitrogen and oxygen atoms in total. The number of amides is 2. The molecule has 2 aromatic carbocycles. The van der Waals surface area contributed by atoms with Gasteiger partial charge in [-0.25, -0.2) is 4.98 Å². The molecule has 0 radical (unpaired) electrons. The second-order valence-electron chi connectivity index (χ2n) is 6.75. The molecular formula is C22H21N3O3. The van der Waals surface area contributed by atoms with Gasteiger partial charge in [0, 0.05) is 24.2 Å². The van der Waals surface area contributed by atoms with Crippen molar-refractivity contribution in [1.82, 2.24) is 10.3 Å². The van der Waals surface area contributed by atoms with E-state index in [0.717, 1.165) is 29.8 Å². The number of nitrogens with one attached hydrogen (secondary N) is 1. The number of benzene rings is 2. The molecule has 1 N–H and O–H groups in total. The number of hydrogen-bond donors (Lipinski definition) is 1. The fourth-order valence-electron chi connectivity index (χ4n) is 3.26. The summed E-state index contributed by atoms with van der Waals surface area (Å²) in [6.45, 7) is 1.01. The molecule has 1 aromatic heterocycles. The van der Waals surface area contributed by atoms with Crippen LogP contribution in [0.4, 0.5) is 5.69 Å². The number of nitrogens with zero attached hydrogens (tertiary/aromatic N) is 2. The number of rotatable bonds is 6. The molecule has 0 unspecified atom stereocenters. The van der Waals surface area contributed by atoms with Crippen LogP contribution in [0.25, 0.3) is 11.3 Å². The van der Waals surface area contributed by atoms with Crippen LogP contribution in [-0.2, 0) is 22.6 Å². The van der Waals surface area contributed by atoms with E-state index in [9.17, 15) is 9.59 Å². The molecule has 1 aliphatic heterocycles. The molecule has 0 saturated carbocycles. The lowest BCUT2D eigenvalue weighted by molar-refractivity contribution is -0.120. The van der Waals surface area contributed by atoms with Crippen LogP contribution in [0.3, 0.4) is 0 Å². The molecule has 142 valence electrons. The lowest BCUT2D eigenvalue weighted by atomic mass is 10.1. The van der Waals surface area contributed by atoms with Crippen LogP contribution < -0.4 is 10.2 Å². The van der Waals surface area contributed by atoms with Crippen molar-refractivity contribution in [3.05, 3.63) is 72.2 Å². The Hall–Kier alpha value is -3.41. The molecule has 6 heteroatoms. The number of hydrogen-bond acceptors (Lipinski definition) is 4. The summed E-state index contributed by atoms with van der Waals surface area (Å²) < 4.78 is 5.69. The highest BCUT2D eigenvalue weighted by Crippen LogP contribution is 2.22. The second kappa shape index (κ2) is 8.08. The molecule has 1 fully saturated rings. The van der Waals surface area contributed by atoms with Crippen molar-refractivity contribution < 1.29 is 14.0 Å². The number of anilines is 1. The van der Waals surface area contributed by atoms with Crippen LogP contribution >= 0.6 is 0 Å². The van der Waals surface area contributed by atoms with E-state index in [-0.39, 0.29) is 24.8 Å². The van der Waals surface area contributed by atoms with E-state index in [1.165, 1.54) is 0 Å². The Morgan fingerprint density at radius 2 is 1.89 bits per heavy atom. The van der Waals surface area contributed by atoms with Crippen LogP contribution in [0, 0.1) is 0 Å². The third-order valence-corrected chi connectivity index (χ3v) is 4.73. The van der Waals surface area contributed by atoms with Crippen LogP contribution in [0.2, 0.25) is 0 Å². The summed E-state index contributed by atoms with van der Waals surface area (Å²) in [7, 11) is 0. The fourth-order valence-corrected chi connectivity index (χ4v) is 3.26. The first-order chi connectivity index (χ1) is 13.7. The third-order valence-electron chi connectivity index (χ3n) is 4.73. The Bertz CT molecular complexity index is 964. The number of aromatic nitrogens is 1. The molecule has 28 heavy (non-hydrogen) atoms. The maximum atomic E-state index is 12.2. The molecular weight excluding hydrogens is 354 g/mol. The first-order valence-electron chi connectivity index (χ1n) is 9.35. The number of carbonyl (C=O) groups excluding carboxylic acids is 2. The highest BCUT2D eigenvalue weighted by atomic mass is 16.4. The Morgan fingerprint density at radius 3 is 2.61 bits per heavy atom. The van der Waals surface area contributed by atoms with Crippen molar-refractivity contribution in [3.63, 3.8) is 0 Å². The van der Waals surface area contributed by atoms with Gasteiger partial charge in [-0.1, -0.05) is 42.5 Å². The smallest absolute Gasteiger partial charge is 0.227 e. The minimum atomic E-state index is -0.107. The van der Waals surface area contributed by atoms with Gasteiger partial charge >= 0.3 is 0 Å². The van der Waals surface area contributed by atoms with Gasteiger partial charge in [0.05, 0.1) is 19.2 Å². The Kier molecular flexibility index (Phi) is 5.19. The van der Waals surface area contributed by atoms with Crippen LogP contribution in [-0.4, -0.2) is 23.3 Å². The van der Waals surface area contributed by atoms with E-state index in [4.69, 9.17) is 4.42 Å². The largest absolute Gasteiger partial charge is 0.439 e. The van der Waals surface area contributed by atoms with Crippen molar-refractivity contribution >= 4 is 17.5 Å². The van der Waals surface area contributed by atoms with Gasteiger partial charge in [-0.05, 0) is 24.1 Å². The van der Waals surface area contributed by atoms with Gasteiger partial charge in [0.25, 0.3) is 0 Å². The summed E-state index contributed by atoms with van der Waals surface area (Å²) >= 11 is 0. The van der Waals surface area contributed by atoms with Crippen LogP contribution in [0.15, 0.2) is 65.2 Å². The monoisotopic (exact) mass is 375 g/mol. The first-order valence-corrected chi connectivity index (χ1v) is 9.35. The number of carbonyl (C=O) groups is 2. The summed E-state index contributed by atoms with van der Waals surface area (Å²) in [6, 6.07) is 17.3. The molecule has 1 saturated heterocycles. The lowest BCUT2D eigenvalue weighted by Gasteiger charge is -2.15. The Balaban J connectivity index is 1.30. The molecule has 1 aliphatic rings. The number of oxazole rings is 1. The Labute approximate surface area is 163 Å². The lowest BCUT2D eigenvalue weighted by Crippen LogP contribution is -2.25. The summed E-state index contributed by atoms with van der Waals surface area (Å²) in [5.74, 6) is 1.20. The van der Waals surface area contributed by atoms with E-state index >= 15 is 0 Å². The third kappa shape index (κ3) is 4.11. The maximum Gasteiger partial charge on any atom is 0.227 e. The SMILES string of the molecule is O=C(Cc1ccc(N2CCCC2=O)cc1)NCc1ncc(-c2ccccc2)o1. The summed E-state index contributed by atoms with van der Waals surface area (Å²) in [5.41, 5.74) is 2.73. The highest BCUT2D eigenvalue weighted by Gasteiger charge is 2.21. The van der Waals surface area contributed by atoms with E-state index in [0.29, 0.717) is 18.1 Å². The van der Waals surface area contributed by atoms with Crippen LogP contribution in [0.1, 0.15) is 24.3 Å². The predicted octanol–water partition coefficient (Wildman–Crippen LogP) is 3.33. The van der Waals surface area contributed by atoms with Gasteiger partial charge in [0.2, 0.25) is 17.7 Å². The molecule has 2 heterocycles. The van der Waals surface area contributed by atoms with Crippen molar-refractivity contribution in [2.45, 2.75) is 25.8 Å². The van der Waals surface area contributed by atoms with Crippen LogP contribution in [0.5, 0.6) is 0 Å². The zero-order valence-electron chi connectivity index (χ0n) is 15.4. The molecule has 0 atom stereocenters. The minimum Gasteiger partial charge on any atom is -0.439 e. The van der Waals surface area contributed by atoms with Crippen molar-refractivity contribution in [2.75, 3.05) is 11.4 Å². The first kappa shape index (κ1) is 18.0. The van der Waals surface area contributed by atoms with Gasteiger partial charge < -0.3 is 14.6 Å². The second-order valence-corrected chi connectivity index (χ2v) is 6.75. The minimum absolute atomic E-state index is 0.107. The summed E-state index contributed by atoms with van der Waals surface area (Å²) in [6.07, 6.45) is 3.43. The summed E-state index contributed by atoms with van der Waals surface area (Å²) in [4.78, 5) is 30.0. The average Bonchev–Trinajstić information content (AvgIpc) is 3.37. The normalized spacial score (nSPS) is 13.7. The summed E-state index contributed by atoms with van der Waals surface area (Å²) in [5, 5.41) is 2.83. The standard InChI is InChI=1S/C22H21N3O3/c26-20(13-16-8-10-18(11-9-16)25-12-4-7-22(25)27)23-15-21-24-14-19(28-21)17-5-2-1-3-6-17/h1-3,5-6,8-11,14H,4,7,12-13,15H2,(H,23,26). The quantitative estimate of drug-likeness (QED) is 0.717. The van der Waals surface area contributed by atoms with Gasteiger partial charge in [-0.15, -0.1) is 0 Å². The fraction of sp³-hybridized carbons (Fsp3) is 0.227. The van der Waals surface area contributed by atoms with Gasteiger partial charge in [0.1, 0.15) is 0 Å². The average molecular weight is 375 g/mol. The molecule has 4 rings (SSSR count). The Morgan fingerprint density at radius 1 is 1.11 bits per heavy atom. The zero-order chi connectivity index (χ0) is 19.3. The van der Waals surface area contributed by atoms with Crippen molar-refractivity contribution in [3.8, 4) is 11.3 Å². The van der Waals surface area contributed by atoms with E-state index in [2.05, 4.69) is 10.3 Å². The van der Waals surface area contributed by atoms with Crippen molar-refractivity contribution in [2.24, 2.45) is 0 Å². The molecule has 0 aliphatic carbocycles.